The van der Waals surface area contributed by atoms with Crippen molar-refractivity contribution in [1.29, 1.82) is 0 Å². The summed E-state index contributed by atoms with van der Waals surface area (Å²) >= 11 is 0. The van der Waals surface area contributed by atoms with Crippen LogP contribution >= 0.6 is 0 Å². The lowest BCUT2D eigenvalue weighted by atomic mass is 9.78. The first-order valence-corrected chi connectivity index (χ1v) is 7.64. The molecule has 17 heavy (non-hydrogen) atoms. The third-order valence-corrected chi connectivity index (χ3v) is 5.13. The number of rotatable bonds is 3. The Balaban J connectivity index is 1.82. The van der Waals surface area contributed by atoms with Gasteiger partial charge in [0.2, 0.25) is 0 Å². The van der Waals surface area contributed by atoms with E-state index < -0.39 is 0 Å². The Hall–Kier alpha value is -0.0800. The van der Waals surface area contributed by atoms with Crippen LogP contribution in [0, 0.1) is 17.8 Å². The lowest BCUT2D eigenvalue weighted by Crippen LogP contribution is -2.45. The number of likely N-dealkylation sites (tertiary alicyclic amines) is 1. The van der Waals surface area contributed by atoms with Crippen LogP contribution in [0.5, 0.6) is 0 Å². The van der Waals surface area contributed by atoms with Crippen LogP contribution in [0.15, 0.2) is 0 Å². The van der Waals surface area contributed by atoms with Crippen LogP contribution in [0.25, 0.3) is 0 Å². The molecule has 1 saturated carbocycles. The fourth-order valence-electron chi connectivity index (χ4n) is 3.69. The maximum atomic E-state index is 5.77. The largest absolute Gasteiger partial charge is 0.330 e. The minimum Gasteiger partial charge on any atom is -0.330 e. The van der Waals surface area contributed by atoms with E-state index in [2.05, 4.69) is 18.7 Å². The lowest BCUT2D eigenvalue weighted by molar-refractivity contribution is 0.0809. The number of hydrogen-bond donors (Lipinski definition) is 1. The fraction of sp³-hybridized carbons (Fsp3) is 1.00. The van der Waals surface area contributed by atoms with Crippen LogP contribution < -0.4 is 5.73 Å². The van der Waals surface area contributed by atoms with Crippen molar-refractivity contribution in [1.82, 2.24) is 4.90 Å². The van der Waals surface area contributed by atoms with Gasteiger partial charge in [-0.2, -0.15) is 0 Å². The van der Waals surface area contributed by atoms with Gasteiger partial charge in [0.25, 0.3) is 0 Å². The van der Waals surface area contributed by atoms with Crippen LogP contribution in [0.1, 0.15) is 52.4 Å². The van der Waals surface area contributed by atoms with E-state index in [4.69, 9.17) is 5.73 Å². The van der Waals surface area contributed by atoms with E-state index in [0.717, 1.165) is 30.3 Å². The number of piperidine rings is 1. The molecule has 0 bridgehead atoms. The Morgan fingerprint density at radius 1 is 1.12 bits per heavy atom. The van der Waals surface area contributed by atoms with Crippen LogP contribution in [-0.2, 0) is 0 Å². The third-order valence-electron chi connectivity index (χ3n) is 5.13. The van der Waals surface area contributed by atoms with Crippen molar-refractivity contribution in [2.75, 3.05) is 19.6 Å². The van der Waals surface area contributed by atoms with Crippen LogP contribution in [0.4, 0.5) is 0 Å². The summed E-state index contributed by atoms with van der Waals surface area (Å²) in [5.41, 5.74) is 5.77. The van der Waals surface area contributed by atoms with E-state index in [-0.39, 0.29) is 0 Å². The normalized spacial score (nSPS) is 33.2. The summed E-state index contributed by atoms with van der Waals surface area (Å²) < 4.78 is 0. The molecule has 1 heterocycles. The molecule has 1 aliphatic heterocycles. The maximum Gasteiger partial charge on any atom is 0.00979 e. The molecule has 2 fully saturated rings. The van der Waals surface area contributed by atoms with Crippen molar-refractivity contribution in [3.05, 3.63) is 0 Å². The second-order valence-corrected chi connectivity index (χ2v) is 6.54. The summed E-state index contributed by atoms with van der Waals surface area (Å²) in [5.74, 6) is 2.65. The molecule has 1 aliphatic carbocycles. The van der Waals surface area contributed by atoms with Gasteiger partial charge in [-0.05, 0) is 63.1 Å². The predicted molar refractivity (Wildman–Crippen MR) is 73.9 cm³/mol. The number of nitrogens with two attached hydrogens (primary N) is 1. The summed E-state index contributed by atoms with van der Waals surface area (Å²) in [5, 5.41) is 0. The van der Waals surface area contributed by atoms with E-state index in [1.165, 1.54) is 51.6 Å². The Labute approximate surface area is 107 Å². The summed E-state index contributed by atoms with van der Waals surface area (Å²) in [4.78, 5) is 2.76. The first-order valence-electron chi connectivity index (χ1n) is 7.64. The van der Waals surface area contributed by atoms with Crippen molar-refractivity contribution in [3.8, 4) is 0 Å². The van der Waals surface area contributed by atoms with Gasteiger partial charge in [-0.3, -0.25) is 0 Å². The molecule has 2 rings (SSSR count). The van der Waals surface area contributed by atoms with Crippen molar-refractivity contribution in [2.24, 2.45) is 23.5 Å². The second kappa shape index (κ2) is 6.19. The third kappa shape index (κ3) is 3.45. The first kappa shape index (κ1) is 13.4. The molecular weight excluding hydrogens is 208 g/mol. The van der Waals surface area contributed by atoms with Gasteiger partial charge in [0.05, 0.1) is 0 Å². The molecule has 2 atom stereocenters. The van der Waals surface area contributed by atoms with Crippen LogP contribution in [0.3, 0.4) is 0 Å². The highest BCUT2D eigenvalue weighted by molar-refractivity contribution is 4.84. The molecule has 0 aromatic heterocycles. The van der Waals surface area contributed by atoms with E-state index in [1.54, 1.807) is 0 Å². The van der Waals surface area contributed by atoms with E-state index in [1.807, 2.05) is 0 Å². The molecule has 0 amide bonds. The Bertz CT molecular complexity index is 219. The number of hydrogen-bond acceptors (Lipinski definition) is 2. The highest BCUT2D eigenvalue weighted by atomic mass is 15.2. The van der Waals surface area contributed by atoms with Crippen molar-refractivity contribution >= 4 is 0 Å². The monoisotopic (exact) mass is 238 g/mol. The smallest absolute Gasteiger partial charge is 0.00979 e. The highest BCUT2D eigenvalue weighted by Crippen LogP contribution is 2.33. The Morgan fingerprint density at radius 3 is 2.41 bits per heavy atom. The van der Waals surface area contributed by atoms with E-state index >= 15 is 0 Å². The number of nitrogens with zero attached hydrogens (tertiary/aromatic N) is 1. The molecule has 2 nitrogen and oxygen atoms in total. The molecule has 0 aromatic rings. The summed E-state index contributed by atoms with van der Waals surface area (Å²) in [6, 6.07) is 0.884. The average molecular weight is 238 g/mol. The fourth-order valence-corrected chi connectivity index (χ4v) is 3.69. The van der Waals surface area contributed by atoms with Gasteiger partial charge < -0.3 is 10.6 Å². The van der Waals surface area contributed by atoms with Crippen LogP contribution in [0.2, 0.25) is 0 Å². The summed E-state index contributed by atoms with van der Waals surface area (Å²) in [7, 11) is 0. The second-order valence-electron chi connectivity index (χ2n) is 6.54. The molecule has 2 heteroatoms. The molecular formula is C15H30N2. The van der Waals surface area contributed by atoms with Gasteiger partial charge >= 0.3 is 0 Å². The molecule has 2 N–H and O–H groups in total. The standard InChI is InChI=1S/C15H30N2/c1-12(2)14-4-3-5-15(10-14)17-8-6-13(11-16)7-9-17/h12-15H,3-11,16H2,1-2H3. The van der Waals surface area contributed by atoms with Crippen molar-refractivity contribution in [2.45, 2.75) is 58.4 Å². The molecule has 1 saturated heterocycles. The van der Waals surface area contributed by atoms with Gasteiger partial charge in [0.15, 0.2) is 0 Å². The quantitative estimate of drug-likeness (QED) is 0.819. The van der Waals surface area contributed by atoms with Gasteiger partial charge in [0, 0.05) is 6.04 Å². The molecule has 0 spiro atoms. The molecule has 2 unspecified atom stereocenters. The Kier molecular flexibility index (Phi) is 4.87. The Morgan fingerprint density at radius 2 is 1.82 bits per heavy atom. The zero-order valence-corrected chi connectivity index (χ0v) is 11.7. The van der Waals surface area contributed by atoms with Crippen molar-refractivity contribution in [3.63, 3.8) is 0 Å². The average Bonchev–Trinajstić information content (AvgIpc) is 2.39. The molecule has 100 valence electrons. The summed E-state index contributed by atoms with van der Waals surface area (Å²) in [6.45, 7) is 8.29. The van der Waals surface area contributed by atoms with Crippen molar-refractivity contribution < 1.29 is 0 Å². The van der Waals surface area contributed by atoms with E-state index in [0.29, 0.717) is 0 Å². The zero-order valence-electron chi connectivity index (χ0n) is 11.7. The minimum atomic E-state index is 0.802. The molecule has 0 radical (unpaired) electrons. The topological polar surface area (TPSA) is 29.3 Å². The first-order chi connectivity index (χ1) is 8.20. The SMILES string of the molecule is CC(C)C1CCCC(N2CCC(CN)CC2)C1. The van der Waals surface area contributed by atoms with Gasteiger partial charge in [-0.15, -0.1) is 0 Å². The molecule has 2 aliphatic rings. The maximum absolute atomic E-state index is 5.77. The van der Waals surface area contributed by atoms with Gasteiger partial charge in [-0.25, -0.2) is 0 Å². The highest BCUT2D eigenvalue weighted by Gasteiger charge is 2.30. The zero-order chi connectivity index (χ0) is 12.3. The van der Waals surface area contributed by atoms with E-state index in [9.17, 15) is 0 Å². The lowest BCUT2D eigenvalue weighted by Gasteiger charge is -2.42. The van der Waals surface area contributed by atoms with Gasteiger partial charge in [0.1, 0.15) is 0 Å². The van der Waals surface area contributed by atoms with Gasteiger partial charge in [-0.1, -0.05) is 26.7 Å². The van der Waals surface area contributed by atoms with Crippen LogP contribution in [-0.4, -0.2) is 30.6 Å². The molecule has 0 aromatic carbocycles. The minimum absolute atomic E-state index is 0.802. The predicted octanol–water partition coefficient (Wildman–Crippen LogP) is 2.87. The summed E-state index contributed by atoms with van der Waals surface area (Å²) in [6.07, 6.45) is 8.47.